The van der Waals surface area contributed by atoms with Crippen LogP contribution in [0.3, 0.4) is 0 Å². The first-order valence-corrected chi connectivity index (χ1v) is 6.79. The molecule has 3 N–H and O–H groups in total. The van der Waals surface area contributed by atoms with E-state index < -0.39 is 5.91 Å². The van der Waals surface area contributed by atoms with Crippen molar-refractivity contribution in [2.75, 3.05) is 31.6 Å². The number of anilines is 1. The number of hydrogen-bond acceptors (Lipinski definition) is 5. The second-order valence-electron chi connectivity index (χ2n) is 4.43. The molecule has 0 radical (unpaired) electrons. The summed E-state index contributed by atoms with van der Waals surface area (Å²) in [5.41, 5.74) is 6.37. The SMILES string of the molecule is N#C/C(C(=O)Nc1ccc(Cl)cc1)=C(\N)N1CCOCC1. The number of nitrogens with two attached hydrogens (primary N) is 1. The number of benzene rings is 1. The number of carbonyl (C=O) groups is 1. The van der Waals surface area contributed by atoms with Crippen LogP contribution in [0.15, 0.2) is 35.7 Å². The summed E-state index contributed by atoms with van der Waals surface area (Å²) in [4.78, 5) is 13.9. The lowest BCUT2D eigenvalue weighted by atomic mass is 10.2. The third kappa shape index (κ3) is 3.88. The molecule has 0 aromatic heterocycles. The highest BCUT2D eigenvalue weighted by molar-refractivity contribution is 6.30. The number of ether oxygens (including phenoxy) is 1. The number of morpholine rings is 1. The first kappa shape index (κ1) is 15.2. The van der Waals surface area contributed by atoms with E-state index in [-0.39, 0.29) is 11.4 Å². The summed E-state index contributed by atoms with van der Waals surface area (Å²) in [6, 6.07) is 8.47. The van der Waals surface area contributed by atoms with Crippen molar-refractivity contribution in [2.45, 2.75) is 0 Å². The maximum Gasteiger partial charge on any atom is 0.270 e. The zero-order chi connectivity index (χ0) is 15.2. The van der Waals surface area contributed by atoms with Gasteiger partial charge in [-0.2, -0.15) is 5.26 Å². The maximum absolute atomic E-state index is 12.2. The molecule has 2 rings (SSSR count). The fourth-order valence-electron chi connectivity index (χ4n) is 1.91. The molecule has 6 nitrogen and oxygen atoms in total. The molecule has 0 spiro atoms. The molecule has 21 heavy (non-hydrogen) atoms. The number of nitriles is 1. The molecule has 1 aromatic rings. The quantitative estimate of drug-likeness (QED) is 0.649. The van der Waals surface area contributed by atoms with E-state index in [0.717, 1.165) is 0 Å². The van der Waals surface area contributed by atoms with Crippen molar-refractivity contribution in [3.05, 3.63) is 40.7 Å². The maximum atomic E-state index is 12.2. The van der Waals surface area contributed by atoms with E-state index in [0.29, 0.717) is 37.0 Å². The van der Waals surface area contributed by atoms with Crippen molar-refractivity contribution in [1.82, 2.24) is 4.90 Å². The van der Waals surface area contributed by atoms with Gasteiger partial charge in [-0.1, -0.05) is 11.6 Å². The molecule has 1 fully saturated rings. The van der Waals surface area contributed by atoms with Crippen LogP contribution in [0.5, 0.6) is 0 Å². The lowest BCUT2D eigenvalue weighted by molar-refractivity contribution is -0.112. The third-order valence-electron chi connectivity index (χ3n) is 3.05. The fourth-order valence-corrected chi connectivity index (χ4v) is 2.04. The van der Waals surface area contributed by atoms with E-state index in [4.69, 9.17) is 22.1 Å². The van der Waals surface area contributed by atoms with Crippen LogP contribution in [0.1, 0.15) is 0 Å². The minimum absolute atomic E-state index is 0.105. The number of halogens is 1. The number of nitrogens with one attached hydrogen (secondary N) is 1. The minimum atomic E-state index is -0.538. The third-order valence-corrected chi connectivity index (χ3v) is 3.30. The smallest absolute Gasteiger partial charge is 0.270 e. The minimum Gasteiger partial charge on any atom is -0.384 e. The molecule has 0 aliphatic carbocycles. The zero-order valence-corrected chi connectivity index (χ0v) is 12.1. The van der Waals surface area contributed by atoms with Gasteiger partial charge in [-0.25, -0.2) is 0 Å². The molecular weight excluding hydrogens is 292 g/mol. The molecule has 0 atom stereocenters. The van der Waals surface area contributed by atoms with Crippen LogP contribution >= 0.6 is 11.6 Å². The van der Waals surface area contributed by atoms with E-state index in [9.17, 15) is 10.1 Å². The number of carbonyl (C=O) groups excluding carboxylic acids is 1. The molecular formula is C14H15ClN4O2. The van der Waals surface area contributed by atoms with Crippen LogP contribution in [0.2, 0.25) is 5.02 Å². The van der Waals surface area contributed by atoms with Crippen molar-refractivity contribution in [2.24, 2.45) is 5.73 Å². The summed E-state index contributed by atoms with van der Waals surface area (Å²) < 4.78 is 5.21. The summed E-state index contributed by atoms with van der Waals surface area (Å²) in [5, 5.41) is 12.4. The molecule has 1 heterocycles. The van der Waals surface area contributed by atoms with Gasteiger partial charge in [0, 0.05) is 23.8 Å². The summed E-state index contributed by atoms with van der Waals surface area (Å²) in [7, 11) is 0. The van der Waals surface area contributed by atoms with Crippen molar-refractivity contribution < 1.29 is 9.53 Å². The molecule has 7 heteroatoms. The summed E-state index contributed by atoms with van der Waals surface area (Å²) in [6.45, 7) is 2.17. The second-order valence-corrected chi connectivity index (χ2v) is 4.87. The Balaban J connectivity index is 2.14. The van der Waals surface area contributed by atoms with Gasteiger partial charge in [-0.3, -0.25) is 4.79 Å². The van der Waals surface area contributed by atoms with Crippen molar-refractivity contribution in [1.29, 1.82) is 5.26 Å². The summed E-state index contributed by atoms with van der Waals surface area (Å²) in [6.07, 6.45) is 0. The van der Waals surface area contributed by atoms with Crippen molar-refractivity contribution in [3.8, 4) is 6.07 Å². The monoisotopic (exact) mass is 306 g/mol. The van der Waals surface area contributed by atoms with Crippen LogP contribution in [-0.4, -0.2) is 37.1 Å². The molecule has 1 aromatic carbocycles. The Bertz CT molecular complexity index is 586. The van der Waals surface area contributed by atoms with Crippen LogP contribution in [0, 0.1) is 11.3 Å². The Morgan fingerprint density at radius 2 is 1.95 bits per heavy atom. The van der Waals surface area contributed by atoms with Crippen molar-refractivity contribution >= 4 is 23.2 Å². The van der Waals surface area contributed by atoms with Gasteiger partial charge in [0.25, 0.3) is 5.91 Å². The molecule has 0 bridgehead atoms. The van der Waals surface area contributed by atoms with E-state index in [1.54, 1.807) is 29.2 Å². The molecule has 1 aliphatic rings. The number of rotatable bonds is 3. The van der Waals surface area contributed by atoms with Gasteiger partial charge in [0.05, 0.1) is 13.2 Å². The topological polar surface area (TPSA) is 91.4 Å². The molecule has 1 aliphatic heterocycles. The molecule has 0 unspecified atom stereocenters. The largest absolute Gasteiger partial charge is 0.384 e. The Kier molecular flexibility index (Phi) is 5.04. The van der Waals surface area contributed by atoms with Crippen LogP contribution in [0.25, 0.3) is 0 Å². The Hall–Kier alpha value is -2.23. The van der Waals surface area contributed by atoms with Gasteiger partial charge in [0.1, 0.15) is 11.9 Å². The van der Waals surface area contributed by atoms with Gasteiger partial charge in [0.15, 0.2) is 5.57 Å². The van der Waals surface area contributed by atoms with Gasteiger partial charge in [-0.15, -0.1) is 0 Å². The highest BCUT2D eigenvalue weighted by Crippen LogP contribution is 2.15. The zero-order valence-electron chi connectivity index (χ0n) is 11.3. The van der Waals surface area contributed by atoms with Gasteiger partial charge >= 0.3 is 0 Å². The average Bonchev–Trinajstić information content (AvgIpc) is 2.51. The molecule has 110 valence electrons. The normalized spacial score (nSPS) is 15.9. The van der Waals surface area contributed by atoms with Crippen molar-refractivity contribution in [3.63, 3.8) is 0 Å². The highest BCUT2D eigenvalue weighted by Gasteiger charge is 2.20. The van der Waals surface area contributed by atoms with Crippen LogP contribution in [0.4, 0.5) is 5.69 Å². The second kappa shape index (κ2) is 6.97. The predicted octanol–water partition coefficient (Wildman–Crippen LogP) is 1.30. The first-order chi connectivity index (χ1) is 10.1. The van der Waals surface area contributed by atoms with Crippen LogP contribution in [-0.2, 0) is 9.53 Å². The molecule has 1 amide bonds. The number of amides is 1. The Morgan fingerprint density at radius 3 is 2.52 bits per heavy atom. The molecule has 1 saturated heterocycles. The lowest BCUT2D eigenvalue weighted by Gasteiger charge is -2.29. The number of hydrogen-bond donors (Lipinski definition) is 2. The van der Waals surface area contributed by atoms with Gasteiger partial charge in [0.2, 0.25) is 0 Å². The van der Waals surface area contributed by atoms with E-state index in [1.165, 1.54) is 0 Å². The summed E-state index contributed by atoms with van der Waals surface area (Å²) >= 11 is 5.78. The first-order valence-electron chi connectivity index (χ1n) is 6.41. The molecule has 0 saturated carbocycles. The highest BCUT2D eigenvalue weighted by atomic mass is 35.5. The van der Waals surface area contributed by atoms with E-state index in [2.05, 4.69) is 5.32 Å². The standard InChI is InChI=1S/C14H15ClN4O2/c15-10-1-3-11(4-2-10)18-14(20)12(9-16)13(17)19-5-7-21-8-6-19/h1-4H,5-8,17H2,(H,18,20)/b13-12-. The fraction of sp³-hybridized carbons (Fsp3) is 0.286. The average molecular weight is 307 g/mol. The Morgan fingerprint density at radius 1 is 1.33 bits per heavy atom. The Labute approximate surface area is 127 Å². The predicted molar refractivity (Wildman–Crippen MR) is 79.3 cm³/mol. The lowest BCUT2D eigenvalue weighted by Crippen LogP contribution is -2.40. The van der Waals surface area contributed by atoms with Gasteiger partial charge < -0.3 is 20.7 Å². The van der Waals surface area contributed by atoms with Gasteiger partial charge in [-0.05, 0) is 24.3 Å². The van der Waals surface area contributed by atoms with E-state index >= 15 is 0 Å². The van der Waals surface area contributed by atoms with E-state index in [1.807, 2.05) is 6.07 Å². The number of nitrogens with zero attached hydrogens (tertiary/aromatic N) is 2. The summed E-state index contributed by atoms with van der Waals surface area (Å²) in [5.74, 6) is -0.365. The van der Waals surface area contributed by atoms with Crippen LogP contribution < -0.4 is 11.1 Å².